The molecule has 0 spiro atoms. The van der Waals surface area contributed by atoms with Crippen molar-refractivity contribution in [3.8, 4) is 28.3 Å². The second-order valence-electron chi connectivity index (χ2n) is 7.90. The van der Waals surface area contributed by atoms with Gasteiger partial charge in [0.05, 0.1) is 30.8 Å². The molecule has 1 aliphatic rings. The standard InChI is InChI=1S/C25H25N5O3/c26-25(31)20-3-1-19(2-4-20)23-17-27-24-10-9-22(28-30(23)24)18-5-7-21(8-6-18)33-16-13-29-11-14-32-15-12-29/h1-10,17H,11-16H2,(H2,26,31). The Kier molecular flexibility index (Phi) is 6.01. The molecule has 0 aliphatic carbocycles. The maximum absolute atomic E-state index is 11.3. The van der Waals surface area contributed by atoms with Gasteiger partial charge in [0.1, 0.15) is 12.4 Å². The average Bonchev–Trinajstić information content (AvgIpc) is 3.28. The lowest BCUT2D eigenvalue weighted by atomic mass is 10.1. The molecule has 0 radical (unpaired) electrons. The van der Waals surface area contributed by atoms with Crippen LogP contribution >= 0.6 is 0 Å². The van der Waals surface area contributed by atoms with Crippen LogP contribution in [-0.4, -0.2) is 64.9 Å². The Balaban J connectivity index is 1.31. The Hall–Kier alpha value is -3.75. The van der Waals surface area contributed by atoms with Crippen LogP contribution in [0.1, 0.15) is 10.4 Å². The van der Waals surface area contributed by atoms with Crippen molar-refractivity contribution >= 4 is 11.6 Å². The number of amides is 1. The number of carbonyl (C=O) groups is 1. The molecule has 3 heterocycles. The summed E-state index contributed by atoms with van der Waals surface area (Å²) in [5, 5.41) is 4.80. The highest BCUT2D eigenvalue weighted by molar-refractivity contribution is 5.93. The molecule has 0 saturated carbocycles. The zero-order chi connectivity index (χ0) is 22.6. The smallest absolute Gasteiger partial charge is 0.248 e. The summed E-state index contributed by atoms with van der Waals surface area (Å²) in [6.07, 6.45) is 1.77. The van der Waals surface area contributed by atoms with Crippen molar-refractivity contribution in [2.24, 2.45) is 5.73 Å². The molecule has 1 fully saturated rings. The number of carbonyl (C=O) groups excluding carboxylic acids is 1. The van der Waals surface area contributed by atoms with E-state index in [1.807, 2.05) is 48.5 Å². The molecule has 2 N–H and O–H groups in total. The van der Waals surface area contributed by atoms with Crippen molar-refractivity contribution < 1.29 is 14.3 Å². The minimum atomic E-state index is -0.450. The molecule has 8 nitrogen and oxygen atoms in total. The molecule has 8 heteroatoms. The van der Waals surface area contributed by atoms with Crippen molar-refractivity contribution in [2.75, 3.05) is 39.5 Å². The fraction of sp³-hybridized carbons (Fsp3) is 0.240. The quantitative estimate of drug-likeness (QED) is 0.472. The van der Waals surface area contributed by atoms with Crippen molar-refractivity contribution in [1.82, 2.24) is 19.5 Å². The summed E-state index contributed by atoms with van der Waals surface area (Å²) in [5.41, 5.74) is 10.1. The highest BCUT2D eigenvalue weighted by Crippen LogP contribution is 2.24. The van der Waals surface area contributed by atoms with E-state index in [0.717, 1.165) is 66.8 Å². The number of hydrogen-bond acceptors (Lipinski definition) is 6. The van der Waals surface area contributed by atoms with Gasteiger partial charge >= 0.3 is 0 Å². The van der Waals surface area contributed by atoms with E-state index in [9.17, 15) is 4.79 Å². The van der Waals surface area contributed by atoms with Gasteiger partial charge in [-0.2, -0.15) is 5.10 Å². The molecule has 0 atom stereocenters. The monoisotopic (exact) mass is 443 g/mol. The van der Waals surface area contributed by atoms with Gasteiger partial charge in [0.15, 0.2) is 5.65 Å². The first-order valence-corrected chi connectivity index (χ1v) is 11.0. The second-order valence-corrected chi connectivity index (χ2v) is 7.90. The molecule has 0 unspecified atom stereocenters. The van der Waals surface area contributed by atoms with Crippen LogP contribution in [0.4, 0.5) is 0 Å². The lowest BCUT2D eigenvalue weighted by Gasteiger charge is -2.26. The third-order valence-corrected chi connectivity index (χ3v) is 5.76. The van der Waals surface area contributed by atoms with Crippen LogP contribution in [0.2, 0.25) is 0 Å². The molecular weight excluding hydrogens is 418 g/mol. The van der Waals surface area contributed by atoms with Gasteiger partial charge in [0.2, 0.25) is 5.91 Å². The van der Waals surface area contributed by atoms with Crippen molar-refractivity contribution in [3.63, 3.8) is 0 Å². The zero-order valence-corrected chi connectivity index (χ0v) is 18.2. The predicted molar refractivity (Wildman–Crippen MR) is 125 cm³/mol. The number of nitrogens with two attached hydrogens (primary N) is 1. The SMILES string of the molecule is NC(=O)c1ccc(-c2cnc3ccc(-c4ccc(OCCN5CCOCC5)cc4)nn23)cc1. The van der Waals surface area contributed by atoms with E-state index in [4.69, 9.17) is 20.3 Å². The summed E-state index contributed by atoms with van der Waals surface area (Å²) in [6.45, 7) is 5.06. The molecule has 0 bridgehead atoms. The number of aromatic nitrogens is 3. The summed E-state index contributed by atoms with van der Waals surface area (Å²) in [7, 11) is 0. The van der Waals surface area contributed by atoms with E-state index in [2.05, 4.69) is 9.88 Å². The van der Waals surface area contributed by atoms with E-state index >= 15 is 0 Å². The number of imidazole rings is 1. The maximum atomic E-state index is 11.3. The van der Waals surface area contributed by atoms with Gasteiger partial charge in [-0.3, -0.25) is 9.69 Å². The van der Waals surface area contributed by atoms with Crippen LogP contribution in [0.15, 0.2) is 66.9 Å². The number of nitrogens with zero attached hydrogens (tertiary/aromatic N) is 4. The molecule has 168 valence electrons. The first-order chi connectivity index (χ1) is 16.2. The van der Waals surface area contributed by atoms with Gasteiger partial charge < -0.3 is 15.2 Å². The maximum Gasteiger partial charge on any atom is 0.248 e. The molecule has 33 heavy (non-hydrogen) atoms. The molecule has 2 aromatic carbocycles. The average molecular weight is 444 g/mol. The highest BCUT2D eigenvalue weighted by atomic mass is 16.5. The van der Waals surface area contributed by atoms with Crippen LogP contribution in [0.3, 0.4) is 0 Å². The Labute approximate surface area is 191 Å². The van der Waals surface area contributed by atoms with Crippen molar-refractivity contribution in [3.05, 3.63) is 72.4 Å². The van der Waals surface area contributed by atoms with E-state index in [-0.39, 0.29) is 0 Å². The van der Waals surface area contributed by atoms with Gasteiger partial charge in [-0.05, 0) is 48.5 Å². The first-order valence-electron chi connectivity index (χ1n) is 11.0. The molecule has 1 amide bonds. The fourth-order valence-corrected chi connectivity index (χ4v) is 3.87. The van der Waals surface area contributed by atoms with Gasteiger partial charge in [-0.1, -0.05) is 12.1 Å². The third-order valence-electron chi connectivity index (χ3n) is 5.76. The van der Waals surface area contributed by atoms with Gasteiger partial charge in [-0.25, -0.2) is 9.50 Å². The van der Waals surface area contributed by atoms with Crippen LogP contribution in [0.5, 0.6) is 5.75 Å². The number of fused-ring (bicyclic) bond motifs is 1. The second kappa shape index (κ2) is 9.40. The number of rotatable bonds is 7. The lowest BCUT2D eigenvalue weighted by Crippen LogP contribution is -2.38. The Morgan fingerprint density at radius 1 is 0.970 bits per heavy atom. The van der Waals surface area contributed by atoms with E-state index in [1.165, 1.54) is 0 Å². The van der Waals surface area contributed by atoms with Crippen LogP contribution in [-0.2, 0) is 4.74 Å². The minimum absolute atomic E-state index is 0.450. The zero-order valence-electron chi connectivity index (χ0n) is 18.2. The summed E-state index contributed by atoms with van der Waals surface area (Å²) in [4.78, 5) is 18.1. The highest BCUT2D eigenvalue weighted by Gasteiger charge is 2.11. The summed E-state index contributed by atoms with van der Waals surface area (Å²) < 4.78 is 13.1. The Morgan fingerprint density at radius 3 is 2.42 bits per heavy atom. The van der Waals surface area contributed by atoms with Crippen LogP contribution in [0.25, 0.3) is 28.2 Å². The van der Waals surface area contributed by atoms with Gasteiger partial charge in [-0.15, -0.1) is 0 Å². The van der Waals surface area contributed by atoms with Gasteiger partial charge in [0.25, 0.3) is 0 Å². The lowest BCUT2D eigenvalue weighted by molar-refractivity contribution is 0.0322. The topological polar surface area (TPSA) is 95.0 Å². The van der Waals surface area contributed by atoms with Crippen LogP contribution in [0, 0.1) is 0 Å². The Bertz CT molecular complexity index is 1250. The number of morpholine rings is 1. The van der Waals surface area contributed by atoms with Crippen LogP contribution < -0.4 is 10.5 Å². The van der Waals surface area contributed by atoms with Crippen molar-refractivity contribution in [2.45, 2.75) is 0 Å². The number of benzene rings is 2. The fourth-order valence-electron chi connectivity index (χ4n) is 3.87. The minimum Gasteiger partial charge on any atom is -0.492 e. The third kappa shape index (κ3) is 4.72. The predicted octanol–water partition coefficient (Wildman–Crippen LogP) is 2.87. The summed E-state index contributed by atoms with van der Waals surface area (Å²) in [6, 6.07) is 19.0. The molecule has 4 aromatic rings. The normalized spacial score (nSPS) is 14.4. The van der Waals surface area contributed by atoms with E-state index in [0.29, 0.717) is 12.2 Å². The Morgan fingerprint density at radius 2 is 1.70 bits per heavy atom. The first kappa shape index (κ1) is 21.1. The molecule has 1 saturated heterocycles. The van der Waals surface area contributed by atoms with E-state index in [1.54, 1.807) is 22.8 Å². The molecule has 2 aromatic heterocycles. The number of ether oxygens (including phenoxy) is 2. The molecule has 5 rings (SSSR count). The van der Waals surface area contributed by atoms with Crippen molar-refractivity contribution in [1.29, 1.82) is 0 Å². The largest absolute Gasteiger partial charge is 0.492 e. The van der Waals surface area contributed by atoms with Gasteiger partial charge in [0, 0.05) is 36.3 Å². The number of hydrogen-bond donors (Lipinski definition) is 1. The van der Waals surface area contributed by atoms with E-state index < -0.39 is 5.91 Å². The molecular formula is C25H25N5O3. The summed E-state index contributed by atoms with van der Waals surface area (Å²) >= 11 is 0. The molecule has 1 aliphatic heterocycles. The number of primary amides is 1. The summed E-state index contributed by atoms with van der Waals surface area (Å²) in [5.74, 6) is 0.388.